The number of hydrogen-bond donors (Lipinski definition) is 1. The van der Waals surface area contributed by atoms with Gasteiger partial charge < -0.3 is 14.9 Å². The quantitative estimate of drug-likeness (QED) is 0.695. The van der Waals surface area contributed by atoms with Gasteiger partial charge in [-0.1, -0.05) is 48.5 Å². The lowest BCUT2D eigenvalue weighted by molar-refractivity contribution is -0.159. The number of benzene rings is 2. The van der Waals surface area contributed by atoms with Crippen molar-refractivity contribution in [3.05, 3.63) is 89.7 Å². The predicted octanol–water partition coefficient (Wildman–Crippen LogP) is 2.87. The topological polar surface area (TPSA) is 73.7 Å². The molecule has 2 amide bonds. The number of carbonyl (C=O) groups excluding carboxylic acids is 2. The van der Waals surface area contributed by atoms with Crippen molar-refractivity contribution in [3.63, 3.8) is 0 Å². The Hall–Kier alpha value is -3.51. The van der Waals surface area contributed by atoms with Crippen LogP contribution in [0.1, 0.15) is 27.4 Å². The first-order chi connectivity index (χ1) is 15.6. The zero-order chi connectivity index (χ0) is 22.2. The van der Waals surface area contributed by atoms with Gasteiger partial charge in [0.2, 0.25) is 5.91 Å². The Morgan fingerprint density at radius 2 is 1.78 bits per heavy atom. The lowest BCUT2D eigenvalue weighted by Gasteiger charge is -2.58. The van der Waals surface area contributed by atoms with E-state index in [1.54, 1.807) is 34.3 Å². The summed E-state index contributed by atoms with van der Waals surface area (Å²) in [6.07, 6.45) is 3.16. The fraction of sp³-hybridized carbons (Fsp3) is 0.269. The first kappa shape index (κ1) is 20.4. The molecule has 5 rings (SSSR count). The van der Waals surface area contributed by atoms with Crippen molar-refractivity contribution in [2.24, 2.45) is 0 Å². The molecule has 3 atom stereocenters. The van der Waals surface area contributed by atoms with Gasteiger partial charge in [0.05, 0.1) is 18.7 Å². The smallest absolute Gasteiger partial charge is 0.254 e. The van der Waals surface area contributed by atoms with Crippen LogP contribution in [0, 0.1) is 6.92 Å². The molecular weight excluding hydrogens is 402 g/mol. The van der Waals surface area contributed by atoms with Gasteiger partial charge in [0, 0.05) is 30.4 Å². The monoisotopic (exact) mass is 427 g/mol. The molecule has 6 nitrogen and oxygen atoms in total. The number of pyridine rings is 1. The molecule has 2 aliphatic heterocycles. The van der Waals surface area contributed by atoms with Crippen molar-refractivity contribution in [2.75, 3.05) is 19.7 Å². The van der Waals surface area contributed by atoms with E-state index in [0.717, 1.165) is 11.1 Å². The first-order valence-electron chi connectivity index (χ1n) is 10.9. The number of fused-ring (bicyclic) bond motifs is 1. The van der Waals surface area contributed by atoms with Crippen molar-refractivity contribution in [2.45, 2.75) is 24.9 Å². The van der Waals surface area contributed by atoms with E-state index >= 15 is 0 Å². The number of aromatic nitrogens is 1. The molecular formula is C26H25N3O3. The maximum Gasteiger partial charge on any atom is 0.254 e. The summed E-state index contributed by atoms with van der Waals surface area (Å²) in [5.41, 5.74) is 5.14. The highest BCUT2D eigenvalue weighted by Gasteiger charge is 2.54. The highest BCUT2D eigenvalue weighted by atomic mass is 16.3. The number of hydrogen-bond acceptors (Lipinski definition) is 4. The fourth-order valence-corrected chi connectivity index (χ4v) is 5.11. The number of aryl methyl sites for hydroxylation is 1. The number of rotatable bonds is 4. The molecule has 162 valence electrons. The third-order valence-corrected chi connectivity index (χ3v) is 6.72. The first-order valence-corrected chi connectivity index (χ1v) is 10.9. The van der Waals surface area contributed by atoms with Gasteiger partial charge in [-0.3, -0.25) is 14.6 Å². The Kier molecular flexibility index (Phi) is 5.23. The van der Waals surface area contributed by atoms with E-state index in [2.05, 4.69) is 48.3 Å². The van der Waals surface area contributed by atoms with E-state index in [1.165, 1.54) is 11.1 Å². The second-order valence-electron chi connectivity index (χ2n) is 8.50. The van der Waals surface area contributed by atoms with Crippen LogP contribution in [0.5, 0.6) is 0 Å². The van der Waals surface area contributed by atoms with E-state index in [4.69, 9.17) is 0 Å². The van der Waals surface area contributed by atoms with Gasteiger partial charge in [-0.2, -0.15) is 0 Å². The Bertz CT molecular complexity index is 1150. The van der Waals surface area contributed by atoms with Gasteiger partial charge in [0.1, 0.15) is 6.54 Å². The summed E-state index contributed by atoms with van der Waals surface area (Å²) in [5.74, 6) is -0.292. The van der Waals surface area contributed by atoms with Crippen LogP contribution in [0.3, 0.4) is 0 Å². The van der Waals surface area contributed by atoms with Crippen LogP contribution in [-0.4, -0.2) is 63.5 Å². The average molecular weight is 428 g/mol. The highest BCUT2D eigenvalue weighted by Crippen LogP contribution is 2.43. The minimum absolute atomic E-state index is 0.0112. The summed E-state index contributed by atoms with van der Waals surface area (Å²) >= 11 is 0. The van der Waals surface area contributed by atoms with Gasteiger partial charge in [-0.05, 0) is 41.3 Å². The third kappa shape index (κ3) is 3.37. The highest BCUT2D eigenvalue weighted by molar-refractivity contribution is 5.97. The van der Waals surface area contributed by atoms with Gasteiger partial charge in [-0.15, -0.1) is 0 Å². The summed E-state index contributed by atoms with van der Waals surface area (Å²) in [5, 5.41) is 10.0. The molecule has 0 spiro atoms. The molecule has 0 radical (unpaired) electrons. The summed E-state index contributed by atoms with van der Waals surface area (Å²) < 4.78 is 0. The second kappa shape index (κ2) is 8.20. The maximum absolute atomic E-state index is 12.9. The molecule has 3 aromatic rings. The molecule has 2 aliphatic rings. The van der Waals surface area contributed by atoms with Gasteiger partial charge in [0.25, 0.3) is 5.91 Å². The number of nitrogens with zero attached hydrogens (tertiary/aromatic N) is 3. The Labute approximate surface area is 187 Å². The summed E-state index contributed by atoms with van der Waals surface area (Å²) in [6.45, 7) is 2.49. The molecule has 2 saturated heterocycles. The van der Waals surface area contributed by atoms with Gasteiger partial charge >= 0.3 is 0 Å². The fourth-order valence-electron chi connectivity index (χ4n) is 5.11. The number of piperazine rings is 1. The number of carbonyl (C=O) groups is 2. The molecule has 1 aromatic heterocycles. The molecule has 2 fully saturated rings. The molecule has 0 bridgehead atoms. The summed E-state index contributed by atoms with van der Waals surface area (Å²) in [7, 11) is 0. The van der Waals surface area contributed by atoms with E-state index in [0.29, 0.717) is 12.1 Å². The van der Waals surface area contributed by atoms with E-state index in [9.17, 15) is 14.7 Å². The van der Waals surface area contributed by atoms with Crippen molar-refractivity contribution in [3.8, 4) is 11.1 Å². The zero-order valence-corrected chi connectivity index (χ0v) is 17.9. The maximum atomic E-state index is 12.9. The number of aliphatic hydroxyl groups excluding tert-OH is 1. The number of amides is 2. The van der Waals surface area contributed by atoms with Crippen LogP contribution in [0.15, 0.2) is 73.1 Å². The Morgan fingerprint density at radius 1 is 1.06 bits per heavy atom. The lowest BCUT2D eigenvalue weighted by atomic mass is 9.73. The molecule has 2 aromatic carbocycles. The molecule has 3 heterocycles. The van der Waals surface area contributed by atoms with Gasteiger partial charge in [0.15, 0.2) is 0 Å². The minimum Gasteiger partial charge on any atom is -0.394 e. The van der Waals surface area contributed by atoms with Crippen LogP contribution < -0.4 is 0 Å². The molecule has 6 heteroatoms. The van der Waals surface area contributed by atoms with Crippen molar-refractivity contribution >= 4 is 11.8 Å². The van der Waals surface area contributed by atoms with E-state index < -0.39 is 0 Å². The average Bonchev–Trinajstić information content (AvgIpc) is 2.81. The predicted molar refractivity (Wildman–Crippen MR) is 121 cm³/mol. The Morgan fingerprint density at radius 3 is 2.47 bits per heavy atom. The second-order valence-corrected chi connectivity index (χ2v) is 8.50. The third-order valence-electron chi connectivity index (χ3n) is 6.72. The molecule has 0 aliphatic carbocycles. The van der Waals surface area contributed by atoms with Crippen LogP contribution in [0.4, 0.5) is 0 Å². The van der Waals surface area contributed by atoms with Crippen LogP contribution in [-0.2, 0) is 4.79 Å². The normalized spacial score (nSPS) is 22.3. The van der Waals surface area contributed by atoms with Crippen molar-refractivity contribution < 1.29 is 14.7 Å². The lowest BCUT2D eigenvalue weighted by Crippen LogP contribution is -2.73. The molecule has 1 N–H and O–H groups in total. The summed E-state index contributed by atoms with van der Waals surface area (Å²) in [6, 6.07) is 19.6. The zero-order valence-electron chi connectivity index (χ0n) is 17.9. The van der Waals surface area contributed by atoms with Crippen LogP contribution >= 0.6 is 0 Å². The van der Waals surface area contributed by atoms with Crippen LogP contribution in [0.25, 0.3) is 11.1 Å². The van der Waals surface area contributed by atoms with E-state index in [-0.39, 0.29) is 43.0 Å². The molecule has 0 unspecified atom stereocenters. The largest absolute Gasteiger partial charge is 0.394 e. The van der Waals surface area contributed by atoms with E-state index in [1.807, 2.05) is 12.1 Å². The summed E-state index contributed by atoms with van der Waals surface area (Å²) in [4.78, 5) is 33.1. The van der Waals surface area contributed by atoms with Crippen molar-refractivity contribution in [1.29, 1.82) is 0 Å². The molecule has 32 heavy (non-hydrogen) atoms. The SMILES string of the molecule is Cc1ccccc1-c1ccc([C@@H]2[C@H]3CN(C(=O)c4ccncc4)CC(=O)N3[C@H]2CO)cc1. The Balaban J connectivity index is 1.40. The van der Waals surface area contributed by atoms with Gasteiger partial charge in [-0.25, -0.2) is 0 Å². The number of aliphatic hydroxyl groups is 1. The minimum atomic E-state index is -0.255. The van der Waals surface area contributed by atoms with Crippen LogP contribution in [0.2, 0.25) is 0 Å². The molecule has 0 saturated carbocycles. The standard InChI is InChI=1S/C26H25N3O3/c1-17-4-2-3-5-21(17)18-6-8-19(9-7-18)25-22-14-28(15-24(31)29(22)23(25)16-30)26(32)20-10-12-27-13-11-20/h2-13,22-23,25,30H,14-16H2,1H3/t22-,23+,25-/m1/s1. The van der Waals surface area contributed by atoms with Crippen molar-refractivity contribution in [1.82, 2.24) is 14.8 Å².